The number of carbonyl (C=O) groups is 1. The first-order valence-corrected chi connectivity index (χ1v) is 9.20. The molecule has 23 heavy (non-hydrogen) atoms. The first-order valence-electron chi connectivity index (χ1n) is 6.76. The van der Waals surface area contributed by atoms with Gasteiger partial charge >= 0.3 is 153 Å². The molecule has 114 valence electrons. The minimum absolute atomic E-state index is 0.158. The van der Waals surface area contributed by atoms with E-state index in [-0.39, 0.29) is 4.91 Å². The van der Waals surface area contributed by atoms with Crippen LogP contribution in [0.5, 0.6) is 0 Å². The van der Waals surface area contributed by atoms with Gasteiger partial charge in [0, 0.05) is 0 Å². The van der Waals surface area contributed by atoms with Crippen LogP contribution in [0.15, 0.2) is 48.5 Å². The number of methoxy groups -OCH3 is 1. The summed E-state index contributed by atoms with van der Waals surface area (Å²) in [4.78, 5) is 11.2. The Hall–Kier alpha value is -1.44. The van der Waals surface area contributed by atoms with E-state index in [4.69, 9.17) is 0 Å². The minimum atomic E-state index is -4.38. The number of rotatable bonds is 4. The van der Waals surface area contributed by atoms with E-state index in [1.54, 1.807) is 24.3 Å². The van der Waals surface area contributed by atoms with Gasteiger partial charge in [0.2, 0.25) is 0 Å². The van der Waals surface area contributed by atoms with Crippen molar-refractivity contribution >= 4 is 57.8 Å². The van der Waals surface area contributed by atoms with E-state index < -0.39 is 16.1 Å². The van der Waals surface area contributed by atoms with E-state index >= 15 is 0 Å². The molecule has 0 fully saturated rings. The molecule has 0 radical (unpaired) electrons. The van der Waals surface area contributed by atoms with Gasteiger partial charge in [0.1, 0.15) is 0 Å². The van der Waals surface area contributed by atoms with Crippen LogP contribution in [0.2, 0.25) is 0 Å². The van der Waals surface area contributed by atoms with E-state index in [0.29, 0.717) is 44.6 Å². The summed E-state index contributed by atoms with van der Waals surface area (Å²) < 4.78 is 38.5. The molecule has 0 atom stereocenters. The Balaban J connectivity index is 2.51. The van der Waals surface area contributed by atoms with Gasteiger partial charge in [-0.25, -0.2) is 0 Å². The fourth-order valence-electron chi connectivity index (χ4n) is 2.13. The molecule has 0 aliphatic carbocycles. The molecule has 0 amide bonds. The average molecular weight is 340 g/mol. The van der Waals surface area contributed by atoms with E-state index in [2.05, 4.69) is 4.74 Å². The molecule has 7 heteroatoms. The molecule has 0 bridgehead atoms. The van der Waals surface area contributed by atoms with Crippen molar-refractivity contribution in [1.29, 1.82) is 0 Å². The van der Waals surface area contributed by atoms with Gasteiger partial charge < -0.3 is 0 Å². The standard InChI is InChI=1S/C16H13O5S.Na/c1-21-16(17)14-9-7-12(8-10-14)11-15(22(18,19)20)13-5-3-2-4-6-13;/h2-5,7-11H,1H3,(H,18,19,20);/b15-11+;. The second-order valence-corrected chi connectivity index (χ2v) is 7.38. The maximum atomic E-state index is 11.7. The molecule has 2 rings (SSSR count). The van der Waals surface area contributed by atoms with Crippen LogP contribution in [0.4, 0.5) is 0 Å². The molecule has 2 aromatic rings. The number of hydrogen-bond acceptors (Lipinski definition) is 4. The van der Waals surface area contributed by atoms with Crippen LogP contribution in [0, 0.1) is 0 Å². The summed E-state index contributed by atoms with van der Waals surface area (Å²) in [7, 11) is -3.09. The van der Waals surface area contributed by atoms with Crippen molar-refractivity contribution in [1.82, 2.24) is 0 Å². The van der Waals surface area contributed by atoms with Crippen LogP contribution in [0.25, 0.3) is 11.0 Å². The second kappa shape index (κ2) is 7.42. The third-order valence-corrected chi connectivity index (χ3v) is 5.08. The summed E-state index contributed by atoms with van der Waals surface area (Å²) in [5, 5.41) is 0. The van der Waals surface area contributed by atoms with Crippen molar-refractivity contribution in [2.24, 2.45) is 0 Å². The molecule has 0 unspecified atom stereocenters. The molecule has 0 aliphatic heterocycles. The van der Waals surface area contributed by atoms with Crippen LogP contribution in [0.1, 0.15) is 21.5 Å². The van der Waals surface area contributed by atoms with Gasteiger partial charge in [-0.1, -0.05) is 0 Å². The molecular weight excluding hydrogens is 327 g/mol. The Morgan fingerprint density at radius 3 is 2.26 bits per heavy atom. The monoisotopic (exact) mass is 340 g/mol. The Kier molecular flexibility index (Phi) is 5.78. The van der Waals surface area contributed by atoms with Crippen LogP contribution in [-0.2, 0) is 14.9 Å². The summed E-state index contributed by atoms with van der Waals surface area (Å²) in [6, 6.07) is 13.3. The number of benzene rings is 2. The Morgan fingerprint density at radius 1 is 1.13 bits per heavy atom. The Labute approximate surface area is 152 Å². The van der Waals surface area contributed by atoms with Crippen molar-refractivity contribution in [3.63, 3.8) is 0 Å². The van der Waals surface area contributed by atoms with Gasteiger partial charge in [-0.2, -0.15) is 0 Å². The second-order valence-electron chi connectivity index (χ2n) is 4.91. The third-order valence-electron chi connectivity index (χ3n) is 3.32. The summed E-state index contributed by atoms with van der Waals surface area (Å²) in [5.41, 5.74) is 1.40. The van der Waals surface area contributed by atoms with Gasteiger partial charge in [-0.05, 0) is 0 Å². The summed E-state index contributed by atoms with van der Waals surface area (Å²) >= 11 is 0.643. The van der Waals surface area contributed by atoms with E-state index in [9.17, 15) is 17.8 Å². The van der Waals surface area contributed by atoms with Crippen LogP contribution < -0.4 is 2.81 Å². The zero-order chi connectivity index (χ0) is 17.0. The molecule has 0 saturated carbocycles. The van der Waals surface area contributed by atoms with Crippen molar-refractivity contribution in [2.45, 2.75) is 0 Å². The normalized spacial score (nSPS) is 12.1. The van der Waals surface area contributed by atoms with Crippen molar-refractivity contribution in [3.8, 4) is 0 Å². The predicted molar refractivity (Wildman–Crippen MR) is 89.0 cm³/mol. The van der Waals surface area contributed by atoms with Crippen LogP contribution in [-0.4, -0.2) is 54.0 Å². The topological polar surface area (TPSA) is 80.7 Å². The first kappa shape index (κ1) is 17.9. The van der Waals surface area contributed by atoms with E-state index in [0.717, 1.165) is 2.81 Å². The zero-order valence-corrected chi connectivity index (χ0v) is 15.5. The zero-order valence-electron chi connectivity index (χ0n) is 12.7. The van der Waals surface area contributed by atoms with Gasteiger partial charge in [-0.15, -0.1) is 0 Å². The molecular formula is C16H13NaO5S. The molecule has 2 aromatic carbocycles. The molecule has 1 N–H and O–H groups in total. The fourth-order valence-corrected chi connectivity index (χ4v) is 3.73. The first-order chi connectivity index (χ1) is 10.8. The van der Waals surface area contributed by atoms with Gasteiger partial charge in [0.25, 0.3) is 0 Å². The molecule has 0 aromatic heterocycles. The van der Waals surface area contributed by atoms with Crippen LogP contribution in [0.3, 0.4) is 0 Å². The summed E-state index contributed by atoms with van der Waals surface area (Å²) in [5.74, 6) is -0.472. The fraction of sp³-hybridized carbons (Fsp3) is 0.0625. The Morgan fingerprint density at radius 2 is 1.74 bits per heavy atom. The number of ether oxygens (including phenoxy) is 1. The third kappa shape index (κ3) is 4.53. The molecule has 0 saturated heterocycles. The van der Waals surface area contributed by atoms with Crippen molar-refractivity contribution in [2.75, 3.05) is 7.11 Å². The number of carbonyl (C=O) groups excluding carboxylic acids is 1. The molecule has 0 aliphatic rings. The van der Waals surface area contributed by atoms with Crippen molar-refractivity contribution in [3.05, 3.63) is 65.2 Å². The SMILES string of the molecule is COC(=O)c1ccc(/C=C(\c2cccc[c]2[Na])S(=O)(=O)O)cc1. The number of esters is 1. The summed E-state index contributed by atoms with van der Waals surface area (Å²) in [6.45, 7) is 0. The molecule has 5 nitrogen and oxygen atoms in total. The maximum absolute atomic E-state index is 11.7. The van der Waals surface area contributed by atoms with Crippen molar-refractivity contribution < 1.29 is 22.5 Å². The average Bonchev–Trinajstić information content (AvgIpc) is 2.52. The van der Waals surface area contributed by atoms with Gasteiger partial charge in [0.15, 0.2) is 0 Å². The van der Waals surface area contributed by atoms with Crippen LogP contribution >= 0.6 is 0 Å². The van der Waals surface area contributed by atoms with E-state index in [1.807, 2.05) is 12.1 Å². The van der Waals surface area contributed by atoms with Gasteiger partial charge in [-0.3, -0.25) is 0 Å². The summed E-state index contributed by atoms with van der Waals surface area (Å²) in [6.07, 6.45) is 1.38. The predicted octanol–water partition coefficient (Wildman–Crippen LogP) is 1.65. The Bertz CT molecular complexity index is 854. The molecule has 0 heterocycles. The number of hydrogen-bond donors (Lipinski definition) is 1. The van der Waals surface area contributed by atoms with E-state index in [1.165, 1.54) is 25.3 Å². The quantitative estimate of drug-likeness (QED) is 0.396. The van der Waals surface area contributed by atoms with Gasteiger partial charge in [0.05, 0.1) is 0 Å². The molecule has 0 spiro atoms.